The van der Waals surface area contributed by atoms with Crippen molar-refractivity contribution in [3.8, 4) is 0 Å². The van der Waals surface area contributed by atoms with Gasteiger partial charge in [0.15, 0.2) is 0 Å². The fourth-order valence-electron chi connectivity index (χ4n) is 2.89. The Hall–Kier alpha value is -1.10. The number of amides is 1. The molecule has 4 nitrogen and oxygen atoms in total. The SMILES string of the molecule is Cl.O=C(NCCN1CCNCC1)C1Cc2ccccc21. The summed E-state index contributed by atoms with van der Waals surface area (Å²) >= 11 is 0. The second-order valence-electron chi connectivity index (χ2n) is 5.34. The van der Waals surface area contributed by atoms with E-state index in [0.717, 1.165) is 45.7 Å². The fourth-order valence-corrected chi connectivity index (χ4v) is 2.89. The van der Waals surface area contributed by atoms with E-state index in [9.17, 15) is 4.79 Å². The van der Waals surface area contributed by atoms with Crippen LogP contribution in [0.25, 0.3) is 0 Å². The maximum atomic E-state index is 12.1. The summed E-state index contributed by atoms with van der Waals surface area (Å²) in [5, 5.41) is 6.40. The van der Waals surface area contributed by atoms with Gasteiger partial charge in [0.2, 0.25) is 5.91 Å². The van der Waals surface area contributed by atoms with Crippen molar-refractivity contribution in [3.05, 3.63) is 35.4 Å². The lowest BCUT2D eigenvalue weighted by atomic mass is 9.77. The predicted molar refractivity (Wildman–Crippen MR) is 82.5 cm³/mol. The zero-order valence-corrected chi connectivity index (χ0v) is 12.4. The van der Waals surface area contributed by atoms with E-state index in [-0.39, 0.29) is 24.2 Å². The second kappa shape index (κ2) is 7.07. The third-order valence-electron chi connectivity index (χ3n) is 4.11. The second-order valence-corrected chi connectivity index (χ2v) is 5.34. The molecule has 0 bridgehead atoms. The van der Waals surface area contributed by atoms with Crippen LogP contribution in [-0.4, -0.2) is 50.1 Å². The van der Waals surface area contributed by atoms with Crippen LogP contribution in [0.5, 0.6) is 0 Å². The molecule has 20 heavy (non-hydrogen) atoms. The van der Waals surface area contributed by atoms with Gasteiger partial charge < -0.3 is 10.6 Å². The van der Waals surface area contributed by atoms with Gasteiger partial charge in [-0.15, -0.1) is 12.4 Å². The van der Waals surface area contributed by atoms with Crippen LogP contribution in [0.3, 0.4) is 0 Å². The van der Waals surface area contributed by atoms with Crippen molar-refractivity contribution in [2.45, 2.75) is 12.3 Å². The number of halogens is 1. The monoisotopic (exact) mass is 295 g/mol. The molecule has 110 valence electrons. The van der Waals surface area contributed by atoms with E-state index in [0.29, 0.717) is 0 Å². The van der Waals surface area contributed by atoms with E-state index >= 15 is 0 Å². The Kier molecular flexibility index (Phi) is 5.40. The van der Waals surface area contributed by atoms with Crippen LogP contribution >= 0.6 is 12.4 Å². The van der Waals surface area contributed by atoms with Crippen LogP contribution in [0.2, 0.25) is 0 Å². The smallest absolute Gasteiger partial charge is 0.227 e. The van der Waals surface area contributed by atoms with E-state index in [4.69, 9.17) is 0 Å². The first-order chi connectivity index (χ1) is 9.34. The Labute approximate surface area is 126 Å². The number of carbonyl (C=O) groups is 1. The Morgan fingerprint density at radius 3 is 2.80 bits per heavy atom. The van der Waals surface area contributed by atoms with Crippen molar-refractivity contribution in [2.75, 3.05) is 39.3 Å². The van der Waals surface area contributed by atoms with Gasteiger partial charge in [-0.1, -0.05) is 24.3 Å². The number of nitrogens with zero attached hydrogens (tertiary/aromatic N) is 1. The Morgan fingerprint density at radius 2 is 2.05 bits per heavy atom. The number of carbonyl (C=O) groups excluding carboxylic acids is 1. The lowest BCUT2D eigenvalue weighted by Crippen LogP contribution is -2.47. The van der Waals surface area contributed by atoms with Crippen LogP contribution in [0.4, 0.5) is 0 Å². The molecule has 2 aliphatic rings. The van der Waals surface area contributed by atoms with Crippen LogP contribution in [0.15, 0.2) is 24.3 Å². The minimum absolute atomic E-state index is 0. The number of hydrogen-bond acceptors (Lipinski definition) is 3. The van der Waals surface area contributed by atoms with Gasteiger partial charge in [0.25, 0.3) is 0 Å². The standard InChI is InChI=1S/C15H21N3O.ClH/c19-15(14-11-12-3-1-2-4-13(12)14)17-7-10-18-8-5-16-6-9-18;/h1-4,14,16H,5-11H2,(H,17,19);1H. The lowest BCUT2D eigenvalue weighted by molar-refractivity contribution is -0.123. The highest BCUT2D eigenvalue weighted by Crippen LogP contribution is 2.34. The average Bonchev–Trinajstić information content (AvgIpc) is 2.41. The summed E-state index contributed by atoms with van der Waals surface area (Å²) in [4.78, 5) is 14.5. The number of rotatable bonds is 4. The van der Waals surface area contributed by atoms with Crippen LogP contribution < -0.4 is 10.6 Å². The van der Waals surface area contributed by atoms with Gasteiger partial charge in [0.1, 0.15) is 0 Å². The van der Waals surface area contributed by atoms with E-state index in [1.165, 1.54) is 11.1 Å². The minimum atomic E-state index is 0. The third kappa shape index (κ3) is 3.32. The molecule has 1 unspecified atom stereocenters. The highest BCUT2D eigenvalue weighted by Gasteiger charge is 2.31. The Balaban J connectivity index is 0.00000147. The molecule has 1 amide bonds. The summed E-state index contributed by atoms with van der Waals surface area (Å²) in [7, 11) is 0. The molecule has 2 N–H and O–H groups in total. The van der Waals surface area contributed by atoms with E-state index in [1.54, 1.807) is 0 Å². The molecule has 3 rings (SSSR count). The first-order valence-corrected chi connectivity index (χ1v) is 7.13. The molecule has 5 heteroatoms. The highest BCUT2D eigenvalue weighted by molar-refractivity contribution is 5.86. The van der Waals surface area contributed by atoms with E-state index < -0.39 is 0 Å². The summed E-state index contributed by atoms with van der Waals surface area (Å²) in [6.07, 6.45) is 0.898. The number of piperazine rings is 1. The van der Waals surface area contributed by atoms with Crippen molar-refractivity contribution in [2.24, 2.45) is 0 Å². The van der Waals surface area contributed by atoms with E-state index in [1.807, 2.05) is 12.1 Å². The number of nitrogens with one attached hydrogen (secondary N) is 2. The van der Waals surface area contributed by atoms with Crippen molar-refractivity contribution in [1.82, 2.24) is 15.5 Å². The van der Waals surface area contributed by atoms with Crippen LogP contribution in [0, 0.1) is 0 Å². The third-order valence-corrected chi connectivity index (χ3v) is 4.11. The number of fused-ring (bicyclic) bond motifs is 1. The number of hydrogen-bond donors (Lipinski definition) is 2. The van der Waals surface area contributed by atoms with Gasteiger partial charge in [-0.2, -0.15) is 0 Å². The maximum Gasteiger partial charge on any atom is 0.227 e. The van der Waals surface area contributed by atoms with Gasteiger partial charge in [0.05, 0.1) is 5.92 Å². The summed E-state index contributed by atoms with van der Waals surface area (Å²) in [5.41, 5.74) is 2.53. The molecule has 1 aliphatic carbocycles. The zero-order valence-electron chi connectivity index (χ0n) is 11.6. The molecule has 1 atom stereocenters. The fraction of sp³-hybridized carbons (Fsp3) is 0.533. The summed E-state index contributed by atoms with van der Waals surface area (Å²) in [6.45, 7) is 6.01. The first kappa shape index (κ1) is 15.3. The summed E-state index contributed by atoms with van der Waals surface area (Å²) in [6, 6.07) is 8.23. The molecule has 0 radical (unpaired) electrons. The van der Waals surface area contributed by atoms with Gasteiger partial charge in [-0.3, -0.25) is 9.69 Å². The topological polar surface area (TPSA) is 44.4 Å². The predicted octanol–water partition coefficient (Wildman–Crippen LogP) is 0.769. The molecule has 1 fully saturated rings. The highest BCUT2D eigenvalue weighted by atomic mass is 35.5. The van der Waals surface area contributed by atoms with Crippen molar-refractivity contribution >= 4 is 18.3 Å². The zero-order chi connectivity index (χ0) is 13.1. The van der Waals surface area contributed by atoms with Gasteiger partial charge in [-0.05, 0) is 17.5 Å². The molecule has 1 saturated heterocycles. The molecule has 0 aromatic heterocycles. The minimum Gasteiger partial charge on any atom is -0.354 e. The normalized spacial score (nSPS) is 21.3. The molecular weight excluding hydrogens is 274 g/mol. The van der Waals surface area contributed by atoms with Crippen molar-refractivity contribution < 1.29 is 4.79 Å². The Morgan fingerprint density at radius 1 is 1.30 bits per heavy atom. The van der Waals surface area contributed by atoms with Crippen LogP contribution in [-0.2, 0) is 11.2 Å². The molecule has 0 saturated carbocycles. The maximum absolute atomic E-state index is 12.1. The van der Waals surface area contributed by atoms with Gasteiger partial charge in [-0.25, -0.2) is 0 Å². The quantitative estimate of drug-likeness (QED) is 0.862. The number of benzene rings is 1. The van der Waals surface area contributed by atoms with Crippen molar-refractivity contribution in [3.63, 3.8) is 0 Å². The lowest BCUT2D eigenvalue weighted by Gasteiger charge is -2.30. The largest absolute Gasteiger partial charge is 0.354 e. The summed E-state index contributed by atoms with van der Waals surface area (Å²) in [5.74, 6) is 0.271. The van der Waals surface area contributed by atoms with Crippen LogP contribution in [0.1, 0.15) is 17.0 Å². The summed E-state index contributed by atoms with van der Waals surface area (Å²) < 4.78 is 0. The first-order valence-electron chi connectivity index (χ1n) is 7.13. The van der Waals surface area contributed by atoms with Crippen molar-refractivity contribution in [1.29, 1.82) is 0 Å². The Bertz CT molecular complexity index is 460. The molecular formula is C15H22ClN3O. The molecule has 1 aliphatic heterocycles. The van der Waals surface area contributed by atoms with Gasteiger partial charge in [0, 0.05) is 39.3 Å². The molecule has 0 spiro atoms. The molecule has 1 aromatic rings. The average molecular weight is 296 g/mol. The van der Waals surface area contributed by atoms with Gasteiger partial charge >= 0.3 is 0 Å². The molecule has 1 heterocycles. The van der Waals surface area contributed by atoms with E-state index in [2.05, 4.69) is 27.7 Å². The molecule has 1 aromatic carbocycles.